The van der Waals surface area contributed by atoms with Crippen molar-refractivity contribution in [2.24, 2.45) is 5.84 Å². The van der Waals surface area contributed by atoms with Gasteiger partial charge in [0.25, 0.3) is 5.91 Å². The summed E-state index contributed by atoms with van der Waals surface area (Å²) in [5, 5.41) is 0. The Kier molecular flexibility index (Phi) is 3.89. The minimum Gasteiger partial charge on any atom is -0.336 e. The molecule has 0 radical (unpaired) electrons. The molecule has 4 nitrogen and oxygen atoms in total. The monoisotopic (exact) mass is 287 g/mol. The maximum absolute atomic E-state index is 12.9. The molecule has 20 heavy (non-hydrogen) atoms. The fourth-order valence-corrected chi connectivity index (χ4v) is 2.51. The molecule has 1 aliphatic rings. The predicted molar refractivity (Wildman–Crippen MR) is 69.0 cm³/mol. The normalized spacial score (nSPS) is 19.2. The van der Waals surface area contributed by atoms with Gasteiger partial charge in [0.05, 0.1) is 16.8 Å². The molecule has 1 fully saturated rings. The summed E-state index contributed by atoms with van der Waals surface area (Å²) in [6.45, 7) is 2.44. The Morgan fingerprint density at radius 3 is 2.65 bits per heavy atom. The number of halogens is 3. The number of amides is 1. The van der Waals surface area contributed by atoms with E-state index in [2.05, 4.69) is 0 Å². The third-order valence-corrected chi connectivity index (χ3v) is 3.56. The molecule has 1 saturated heterocycles. The Balaban J connectivity index is 2.44. The van der Waals surface area contributed by atoms with Crippen molar-refractivity contribution in [2.45, 2.75) is 32.0 Å². The molecule has 1 heterocycles. The molecule has 0 saturated carbocycles. The van der Waals surface area contributed by atoms with Gasteiger partial charge in [-0.15, -0.1) is 0 Å². The number of nitrogen functional groups attached to an aromatic ring is 1. The van der Waals surface area contributed by atoms with Crippen LogP contribution in [0.25, 0.3) is 0 Å². The van der Waals surface area contributed by atoms with E-state index >= 15 is 0 Å². The minimum absolute atomic E-state index is 0.0302. The number of anilines is 1. The third-order valence-electron chi connectivity index (χ3n) is 3.56. The van der Waals surface area contributed by atoms with E-state index in [9.17, 15) is 18.0 Å². The first-order valence-corrected chi connectivity index (χ1v) is 6.34. The SMILES string of the molecule is CC1CCCN1C(=O)c1cccc(C(F)(F)F)c1NN. The number of nitrogens with two attached hydrogens (primary N) is 1. The van der Waals surface area contributed by atoms with Crippen LogP contribution in [0.4, 0.5) is 18.9 Å². The van der Waals surface area contributed by atoms with Gasteiger partial charge in [-0.3, -0.25) is 10.6 Å². The minimum atomic E-state index is -4.56. The smallest absolute Gasteiger partial charge is 0.336 e. The largest absolute Gasteiger partial charge is 0.418 e. The summed E-state index contributed by atoms with van der Waals surface area (Å²) in [6, 6.07) is 3.51. The van der Waals surface area contributed by atoms with Crippen LogP contribution in [-0.4, -0.2) is 23.4 Å². The number of hydrazine groups is 1. The van der Waals surface area contributed by atoms with Gasteiger partial charge in [-0.2, -0.15) is 13.2 Å². The molecule has 3 N–H and O–H groups in total. The van der Waals surface area contributed by atoms with E-state index in [-0.39, 0.29) is 17.3 Å². The maximum Gasteiger partial charge on any atom is 0.418 e. The van der Waals surface area contributed by atoms with Gasteiger partial charge in [0.15, 0.2) is 0 Å². The average molecular weight is 287 g/mol. The first-order chi connectivity index (χ1) is 9.36. The standard InChI is InChI=1S/C13H16F3N3O/c1-8-4-3-7-19(8)12(20)9-5-2-6-10(11(9)18-17)13(14,15)16/h2,5-6,8,18H,3-4,7,17H2,1H3. The molecular weight excluding hydrogens is 271 g/mol. The van der Waals surface area contributed by atoms with Gasteiger partial charge in [0.1, 0.15) is 0 Å². The molecule has 1 atom stereocenters. The van der Waals surface area contributed by atoms with Gasteiger partial charge in [-0.25, -0.2) is 0 Å². The highest BCUT2D eigenvalue weighted by Gasteiger charge is 2.36. The lowest BCUT2D eigenvalue weighted by Gasteiger charge is -2.24. The van der Waals surface area contributed by atoms with Crippen molar-refractivity contribution in [3.63, 3.8) is 0 Å². The van der Waals surface area contributed by atoms with Crippen LogP contribution >= 0.6 is 0 Å². The van der Waals surface area contributed by atoms with Gasteiger partial charge in [0, 0.05) is 12.6 Å². The molecule has 1 aliphatic heterocycles. The van der Waals surface area contributed by atoms with Crippen molar-refractivity contribution in [2.75, 3.05) is 12.0 Å². The number of nitrogens with one attached hydrogen (secondary N) is 1. The van der Waals surface area contributed by atoms with Crippen LogP contribution in [0.1, 0.15) is 35.7 Å². The fraction of sp³-hybridized carbons (Fsp3) is 0.462. The second kappa shape index (κ2) is 5.32. The van der Waals surface area contributed by atoms with E-state index < -0.39 is 17.6 Å². The van der Waals surface area contributed by atoms with E-state index in [1.807, 2.05) is 12.3 Å². The lowest BCUT2D eigenvalue weighted by Crippen LogP contribution is -2.34. The molecule has 7 heteroatoms. The van der Waals surface area contributed by atoms with Crippen LogP contribution in [0.3, 0.4) is 0 Å². The summed E-state index contributed by atoms with van der Waals surface area (Å²) in [5.74, 6) is 4.78. The number of carbonyl (C=O) groups excluding carboxylic acids is 1. The van der Waals surface area contributed by atoms with Crippen molar-refractivity contribution >= 4 is 11.6 Å². The van der Waals surface area contributed by atoms with Crippen molar-refractivity contribution in [1.82, 2.24) is 4.90 Å². The number of carbonyl (C=O) groups is 1. The number of benzene rings is 1. The topological polar surface area (TPSA) is 58.4 Å². The molecule has 1 aromatic carbocycles. The van der Waals surface area contributed by atoms with E-state index in [1.54, 1.807) is 4.90 Å². The number of alkyl halides is 3. The Labute approximate surface area is 114 Å². The van der Waals surface area contributed by atoms with Gasteiger partial charge >= 0.3 is 6.18 Å². The number of hydrogen-bond donors (Lipinski definition) is 2. The fourth-order valence-electron chi connectivity index (χ4n) is 2.51. The zero-order valence-electron chi connectivity index (χ0n) is 11.0. The Bertz CT molecular complexity index is 516. The predicted octanol–water partition coefficient (Wildman–Crippen LogP) is 2.62. The molecule has 0 aliphatic carbocycles. The summed E-state index contributed by atoms with van der Waals surface area (Å²) < 4.78 is 38.7. The summed E-state index contributed by atoms with van der Waals surface area (Å²) in [4.78, 5) is 14.0. The molecular formula is C13H16F3N3O. The van der Waals surface area contributed by atoms with Gasteiger partial charge in [-0.1, -0.05) is 6.07 Å². The molecule has 1 aromatic rings. The first-order valence-electron chi connectivity index (χ1n) is 6.34. The third kappa shape index (κ3) is 2.58. The number of para-hydroxylation sites is 1. The second-order valence-electron chi connectivity index (χ2n) is 4.86. The van der Waals surface area contributed by atoms with Crippen molar-refractivity contribution in [3.05, 3.63) is 29.3 Å². The van der Waals surface area contributed by atoms with E-state index in [1.165, 1.54) is 12.1 Å². The Morgan fingerprint density at radius 1 is 1.45 bits per heavy atom. The zero-order valence-corrected chi connectivity index (χ0v) is 11.0. The van der Waals surface area contributed by atoms with Crippen molar-refractivity contribution in [3.8, 4) is 0 Å². The van der Waals surface area contributed by atoms with Gasteiger partial charge < -0.3 is 10.3 Å². The second-order valence-corrected chi connectivity index (χ2v) is 4.86. The van der Waals surface area contributed by atoms with Crippen molar-refractivity contribution < 1.29 is 18.0 Å². The van der Waals surface area contributed by atoms with Crippen LogP contribution in [0, 0.1) is 0 Å². The first kappa shape index (κ1) is 14.6. The van der Waals surface area contributed by atoms with Crippen molar-refractivity contribution in [1.29, 1.82) is 0 Å². The highest BCUT2D eigenvalue weighted by molar-refractivity contribution is 6.00. The lowest BCUT2D eigenvalue weighted by molar-refractivity contribution is -0.137. The Hall–Kier alpha value is -1.76. The quantitative estimate of drug-likeness (QED) is 0.649. The van der Waals surface area contributed by atoms with Crippen LogP contribution in [-0.2, 0) is 6.18 Å². The number of rotatable bonds is 2. The average Bonchev–Trinajstić information content (AvgIpc) is 2.82. The van der Waals surface area contributed by atoms with Gasteiger partial charge in [-0.05, 0) is 31.9 Å². The van der Waals surface area contributed by atoms with Crippen LogP contribution in [0.15, 0.2) is 18.2 Å². The highest BCUT2D eigenvalue weighted by Crippen LogP contribution is 2.37. The lowest BCUT2D eigenvalue weighted by atomic mass is 10.1. The number of nitrogens with zero attached hydrogens (tertiary/aromatic N) is 1. The van der Waals surface area contributed by atoms with Crippen LogP contribution in [0.2, 0.25) is 0 Å². The summed E-state index contributed by atoms with van der Waals surface area (Å²) in [5.41, 5.74) is 0.673. The molecule has 0 bridgehead atoms. The molecule has 0 aromatic heterocycles. The summed E-state index contributed by atoms with van der Waals surface area (Å²) >= 11 is 0. The number of likely N-dealkylation sites (tertiary alicyclic amines) is 1. The highest BCUT2D eigenvalue weighted by atomic mass is 19.4. The molecule has 1 amide bonds. The zero-order chi connectivity index (χ0) is 14.9. The van der Waals surface area contributed by atoms with E-state index in [0.717, 1.165) is 18.9 Å². The molecule has 1 unspecified atom stereocenters. The number of hydrogen-bond acceptors (Lipinski definition) is 3. The van der Waals surface area contributed by atoms with E-state index in [4.69, 9.17) is 5.84 Å². The molecule has 110 valence electrons. The molecule has 2 rings (SSSR count). The van der Waals surface area contributed by atoms with Gasteiger partial charge in [0.2, 0.25) is 0 Å². The Morgan fingerprint density at radius 2 is 2.15 bits per heavy atom. The van der Waals surface area contributed by atoms with Crippen LogP contribution in [0.5, 0.6) is 0 Å². The maximum atomic E-state index is 12.9. The van der Waals surface area contributed by atoms with E-state index in [0.29, 0.717) is 6.54 Å². The summed E-state index contributed by atoms with van der Waals surface area (Å²) in [6.07, 6.45) is -2.85. The molecule has 0 spiro atoms. The van der Waals surface area contributed by atoms with Crippen LogP contribution < -0.4 is 11.3 Å². The summed E-state index contributed by atoms with van der Waals surface area (Å²) in [7, 11) is 0.